The highest BCUT2D eigenvalue weighted by Crippen LogP contribution is 2.18. The number of nitrogens with one attached hydrogen (secondary N) is 1. The number of rotatable bonds is 5. The first-order chi connectivity index (χ1) is 9.76. The molecule has 0 radical (unpaired) electrons. The Kier molecular flexibility index (Phi) is 3.54. The van der Waals surface area contributed by atoms with E-state index in [1.54, 1.807) is 0 Å². The van der Waals surface area contributed by atoms with Gasteiger partial charge in [0.15, 0.2) is 0 Å². The maximum atomic E-state index is 4.29. The molecule has 0 saturated heterocycles. The number of benzene rings is 1. The molecule has 20 heavy (non-hydrogen) atoms. The summed E-state index contributed by atoms with van der Waals surface area (Å²) in [6.45, 7) is 5.18. The van der Waals surface area contributed by atoms with Crippen LogP contribution in [0.3, 0.4) is 0 Å². The summed E-state index contributed by atoms with van der Waals surface area (Å²) in [6.07, 6.45) is 6.37. The Labute approximate surface area is 118 Å². The fraction of sp³-hybridized carbons (Fsp3) is 0.375. The molecule has 2 aromatic heterocycles. The Bertz CT molecular complexity index is 695. The van der Waals surface area contributed by atoms with Crippen LogP contribution in [-0.2, 0) is 6.54 Å². The van der Waals surface area contributed by atoms with Crippen LogP contribution in [0.25, 0.3) is 10.9 Å². The molecule has 0 spiro atoms. The minimum Gasteiger partial charge on any atom is -0.361 e. The van der Waals surface area contributed by atoms with Crippen LogP contribution in [0.5, 0.6) is 0 Å². The van der Waals surface area contributed by atoms with Crippen molar-refractivity contribution in [2.24, 2.45) is 0 Å². The highest BCUT2D eigenvalue weighted by Gasteiger charge is 2.09. The van der Waals surface area contributed by atoms with Crippen LogP contribution in [0.4, 0.5) is 0 Å². The summed E-state index contributed by atoms with van der Waals surface area (Å²) < 4.78 is 1.92. The maximum Gasteiger partial charge on any atom is 0.0855 e. The molecule has 0 unspecified atom stereocenters. The lowest BCUT2D eigenvalue weighted by Crippen LogP contribution is -2.00. The highest BCUT2D eigenvalue weighted by atomic mass is 15.4. The van der Waals surface area contributed by atoms with Crippen molar-refractivity contribution in [2.75, 3.05) is 0 Å². The molecule has 0 aliphatic rings. The van der Waals surface area contributed by atoms with Gasteiger partial charge in [-0.1, -0.05) is 37.6 Å². The molecule has 3 rings (SSSR count). The van der Waals surface area contributed by atoms with E-state index in [-0.39, 0.29) is 0 Å². The van der Waals surface area contributed by atoms with Crippen molar-refractivity contribution in [1.29, 1.82) is 0 Å². The standard InChI is InChI=1S/C16H20N4/c1-3-4-12(2)16-11-20(19-18-16)10-13-5-6-14-7-8-17-15(14)9-13/h5-9,11-12,17H,3-4,10H2,1-2H3/t12-/m0/s1. The van der Waals surface area contributed by atoms with Crippen LogP contribution in [0.1, 0.15) is 43.9 Å². The molecule has 0 amide bonds. The molecule has 0 aliphatic heterocycles. The number of fused-ring (bicyclic) bond motifs is 1. The Morgan fingerprint density at radius 1 is 1.30 bits per heavy atom. The van der Waals surface area contributed by atoms with Crippen molar-refractivity contribution in [2.45, 2.75) is 39.2 Å². The zero-order chi connectivity index (χ0) is 13.9. The number of nitrogens with zero attached hydrogens (tertiary/aromatic N) is 3. The second-order valence-electron chi connectivity index (χ2n) is 5.43. The first-order valence-corrected chi connectivity index (χ1v) is 7.22. The Hall–Kier alpha value is -2.10. The van der Waals surface area contributed by atoms with Gasteiger partial charge in [0, 0.05) is 23.8 Å². The van der Waals surface area contributed by atoms with E-state index in [1.807, 2.05) is 10.9 Å². The normalized spacial score (nSPS) is 12.9. The fourth-order valence-electron chi connectivity index (χ4n) is 2.58. The van der Waals surface area contributed by atoms with Gasteiger partial charge >= 0.3 is 0 Å². The van der Waals surface area contributed by atoms with Gasteiger partial charge in [-0.2, -0.15) is 0 Å². The lowest BCUT2D eigenvalue weighted by atomic mass is 10.0. The van der Waals surface area contributed by atoms with Gasteiger partial charge < -0.3 is 4.98 Å². The van der Waals surface area contributed by atoms with E-state index in [0.29, 0.717) is 5.92 Å². The van der Waals surface area contributed by atoms with Gasteiger partial charge in [0.25, 0.3) is 0 Å². The minimum atomic E-state index is 0.486. The SMILES string of the molecule is CCC[C@H](C)c1cn(Cc2ccc3cc[nH]c3c2)nn1. The molecule has 0 saturated carbocycles. The molecular weight excluding hydrogens is 248 g/mol. The van der Waals surface area contributed by atoms with Crippen LogP contribution in [0.2, 0.25) is 0 Å². The van der Waals surface area contributed by atoms with Gasteiger partial charge in [-0.05, 0) is 29.5 Å². The van der Waals surface area contributed by atoms with Crippen molar-refractivity contribution in [3.05, 3.63) is 47.9 Å². The first-order valence-electron chi connectivity index (χ1n) is 7.22. The Morgan fingerprint density at radius 3 is 3.05 bits per heavy atom. The van der Waals surface area contributed by atoms with Crippen molar-refractivity contribution in [3.63, 3.8) is 0 Å². The van der Waals surface area contributed by atoms with Gasteiger partial charge in [0.1, 0.15) is 0 Å². The van der Waals surface area contributed by atoms with Crippen LogP contribution in [-0.4, -0.2) is 20.0 Å². The molecule has 104 valence electrons. The summed E-state index contributed by atoms with van der Waals surface area (Å²) >= 11 is 0. The quantitative estimate of drug-likeness (QED) is 0.766. The molecule has 4 heteroatoms. The average Bonchev–Trinajstić information content (AvgIpc) is 3.07. The van der Waals surface area contributed by atoms with Crippen LogP contribution in [0.15, 0.2) is 36.7 Å². The predicted octanol–water partition coefficient (Wildman–Crippen LogP) is 3.71. The lowest BCUT2D eigenvalue weighted by Gasteiger charge is -2.04. The number of hydrogen-bond donors (Lipinski definition) is 1. The van der Waals surface area contributed by atoms with E-state index in [9.17, 15) is 0 Å². The third-order valence-electron chi connectivity index (χ3n) is 3.75. The average molecular weight is 268 g/mol. The van der Waals surface area contributed by atoms with Gasteiger partial charge in [0.2, 0.25) is 0 Å². The zero-order valence-corrected chi connectivity index (χ0v) is 12.0. The second-order valence-corrected chi connectivity index (χ2v) is 5.43. The van der Waals surface area contributed by atoms with Crippen LogP contribution >= 0.6 is 0 Å². The summed E-state index contributed by atoms with van der Waals surface area (Å²) in [5, 5.41) is 9.77. The molecule has 4 nitrogen and oxygen atoms in total. The monoisotopic (exact) mass is 268 g/mol. The molecule has 0 bridgehead atoms. The summed E-state index contributed by atoms with van der Waals surface area (Å²) in [4.78, 5) is 3.24. The van der Waals surface area contributed by atoms with Gasteiger partial charge in [-0.15, -0.1) is 5.10 Å². The number of aromatic amines is 1. The highest BCUT2D eigenvalue weighted by molar-refractivity contribution is 5.79. The molecule has 2 heterocycles. The number of hydrogen-bond acceptors (Lipinski definition) is 2. The van der Waals surface area contributed by atoms with E-state index in [2.05, 4.69) is 59.6 Å². The smallest absolute Gasteiger partial charge is 0.0855 e. The van der Waals surface area contributed by atoms with Gasteiger partial charge in [-0.3, -0.25) is 0 Å². The largest absolute Gasteiger partial charge is 0.361 e. The molecule has 0 fully saturated rings. The minimum absolute atomic E-state index is 0.486. The molecule has 1 atom stereocenters. The molecule has 0 aliphatic carbocycles. The maximum absolute atomic E-state index is 4.29. The van der Waals surface area contributed by atoms with E-state index in [4.69, 9.17) is 0 Å². The second kappa shape index (κ2) is 5.49. The van der Waals surface area contributed by atoms with Crippen molar-refractivity contribution < 1.29 is 0 Å². The predicted molar refractivity (Wildman–Crippen MR) is 80.7 cm³/mol. The molecule has 1 N–H and O–H groups in total. The number of aromatic nitrogens is 4. The third-order valence-corrected chi connectivity index (χ3v) is 3.75. The van der Waals surface area contributed by atoms with E-state index in [1.165, 1.54) is 22.9 Å². The van der Waals surface area contributed by atoms with Crippen LogP contribution < -0.4 is 0 Å². The molecular formula is C16H20N4. The number of H-pyrrole nitrogens is 1. The fourth-order valence-corrected chi connectivity index (χ4v) is 2.58. The summed E-state index contributed by atoms with van der Waals surface area (Å²) in [5.41, 5.74) is 3.49. The summed E-state index contributed by atoms with van der Waals surface area (Å²) in [7, 11) is 0. The van der Waals surface area contributed by atoms with Crippen molar-refractivity contribution in [1.82, 2.24) is 20.0 Å². The summed E-state index contributed by atoms with van der Waals surface area (Å²) in [5.74, 6) is 0.486. The van der Waals surface area contributed by atoms with E-state index < -0.39 is 0 Å². The first kappa shape index (κ1) is 12.9. The molecule has 3 aromatic rings. The van der Waals surface area contributed by atoms with Crippen molar-refractivity contribution in [3.8, 4) is 0 Å². The Morgan fingerprint density at radius 2 is 2.20 bits per heavy atom. The van der Waals surface area contributed by atoms with E-state index in [0.717, 1.165) is 18.7 Å². The van der Waals surface area contributed by atoms with Gasteiger partial charge in [-0.25, -0.2) is 4.68 Å². The molecule has 1 aromatic carbocycles. The third kappa shape index (κ3) is 2.59. The topological polar surface area (TPSA) is 46.5 Å². The summed E-state index contributed by atoms with van der Waals surface area (Å²) in [6, 6.07) is 8.54. The van der Waals surface area contributed by atoms with Gasteiger partial charge in [0.05, 0.1) is 12.2 Å². The zero-order valence-electron chi connectivity index (χ0n) is 12.0. The Balaban J connectivity index is 1.76. The lowest BCUT2D eigenvalue weighted by molar-refractivity contribution is 0.637. The van der Waals surface area contributed by atoms with Crippen molar-refractivity contribution >= 4 is 10.9 Å². The van der Waals surface area contributed by atoms with E-state index >= 15 is 0 Å². The van der Waals surface area contributed by atoms with Crippen LogP contribution in [0, 0.1) is 0 Å².